The van der Waals surface area contributed by atoms with Crippen molar-refractivity contribution in [2.24, 2.45) is 0 Å². The van der Waals surface area contributed by atoms with E-state index < -0.39 is 0 Å². The van der Waals surface area contributed by atoms with Gasteiger partial charge in [0.1, 0.15) is 0 Å². The summed E-state index contributed by atoms with van der Waals surface area (Å²) in [5.41, 5.74) is 4.77. The van der Waals surface area contributed by atoms with Crippen molar-refractivity contribution in [3.8, 4) is 5.69 Å². The maximum Gasteiger partial charge on any atom is 0.255 e. The van der Waals surface area contributed by atoms with Crippen LogP contribution in [0, 0.1) is 20.8 Å². The molecule has 2 heterocycles. The first-order valence-electron chi connectivity index (χ1n) is 7.88. The van der Waals surface area contributed by atoms with Crippen LogP contribution in [-0.2, 0) is 6.54 Å². The van der Waals surface area contributed by atoms with E-state index in [0.29, 0.717) is 6.54 Å². The van der Waals surface area contributed by atoms with Crippen LogP contribution in [0.15, 0.2) is 41.8 Å². The Morgan fingerprint density at radius 2 is 1.92 bits per heavy atom. The van der Waals surface area contributed by atoms with Gasteiger partial charge in [-0.15, -0.1) is 11.3 Å². The zero-order valence-corrected chi connectivity index (χ0v) is 15.2. The van der Waals surface area contributed by atoms with E-state index in [1.807, 2.05) is 57.5 Å². The monoisotopic (exact) mass is 339 g/mol. The Hall–Kier alpha value is -2.40. The molecule has 4 nitrogen and oxygen atoms in total. The van der Waals surface area contributed by atoms with Crippen molar-refractivity contribution in [1.82, 2.24) is 14.5 Å². The summed E-state index contributed by atoms with van der Waals surface area (Å²) >= 11 is 1.61. The van der Waals surface area contributed by atoms with Gasteiger partial charge < -0.3 is 9.47 Å². The molecule has 0 N–H and O–H groups in total. The number of nitrogens with zero attached hydrogens (tertiary/aromatic N) is 3. The third-order valence-corrected chi connectivity index (χ3v) is 4.91. The maximum atomic E-state index is 12.9. The van der Waals surface area contributed by atoms with Crippen molar-refractivity contribution in [2.45, 2.75) is 27.3 Å². The van der Waals surface area contributed by atoms with E-state index in [1.54, 1.807) is 16.2 Å². The normalized spacial score (nSPS) is 10.8. The Morgan fingerprint density at radius 3 is 2.54 bits per heavy atom. The van der Waals surface area contributed by atoms with Gasteiger partial charge in [-0.25, -0.2) is 4.98 Å². The molecule has 0 saturated carbocycles. The number of hydrogen-bond donors (Lipinski definition) is 0. The predicted octanol–water partition coefficient (Wildman–Crippen LogP) is 4.13. The van der Waals surface area contributed by atoms with Crippen LogP contribution in [0.5, 0.6) is 0 Å². The minimum Gasteiger partial charge on any atom is -0.336 e. The zero-order chi connectivity index (χ0) is 17.3. The second kappa shape index (κ2) is 6.61. The molecule has 0 atom stereocenters. The fraction of sp³-hybridized carbons (Fsp3) is 0.263. The van der Waals surface area contributed by atoms with Crippen LogP contribution in [0.3, 0.4) is 0 Å². The number of amides is 1. The topological polar surface area (TPSA) is 38.1 Å². The average Bonchev–Trinajstić information content (AvgIpc) is 3.10. The van der Waals surface area contributed by atoms with E-state index in [9.17, 15) is 4.79 Å². The summed E-state index contributed by atoms with van der Waals surface area (Å²) in [6, 6.07) is 12.1. The first-order valence-corrected chi connectivity index (χ1v) is 8.76. The molecule has 1 aromatic carbocycles. The molecular formula is C19H21N3OS. The number of carbonyl (C=O) groups excluding carboxylic acids is 1. The molecule has 0 radical (unpaired) electrons. The van der Waals surface area contributed by atoms with E-state index in [2.05, 4.69) is 21.7 Å². The van der Waals surface area contributed by atoms with E-state index in [4.69, 9.17) is 0 Å². The first kappa shape index (κ1) is 16.5. The summed E-state index contributed by atoms with van der Waals surface area (Å²) in [5.74, 6) is 0.0240. The first-order chi connectivity index (χ1) is 11.5. The summed E-state index contributed by atoms with van der Waals surface area (Å²) in [6.07, 6.45) is 0. The molecule has 0 aliphatic carbocycles. The summed E-state index contributed by atoms with van der Waals surface area (Å²) in [7, 11) is 1.83. The highest BCUT2D eigenvalue weighted by Crippen LogP contribution is 2.22. The number of rotatable bonds is 4. The van der Waals surface area contributed by atoms with Gasteiger partial charge in [0.25, 0.3) is 5.91 Å². The molecule has 5 heteroatoms. The van der Waals surface area contributed by atoms with Gasteiger partial charge in [-0.05, 0) is 39.0 Å². The van der Waals surface area contributed by atoms with Crippen LogP contribution >= 0.6 is 11.3 Å². The van der Waals surface area contributed by atoms with E-state index >= 15 is 0 Å². The van der Waals surface area contributed by atoms with Crippen molar-refractivity contribution in [1.29, 1.82) is 0 Å². The molecule has 24 heavy (non-hydrogen) atoms. The second-order valence-electron chi connectivity index (χ2n) is 5.97. The van der Waals surface area contributed by atoms with Crippen LogP contribution in [-0.4, -0.2) is 27.4 Å². The van der Waals surface area contributed by atoms with Crippen LogP contribution in [0.1, 0.15) is 32.4 Å². The van der Waals surface area contributed by atoms with Crippen molar-refractivity contribution >= 4 is 17.2 Å². The van der Waals surface area contributed by atoms with Gasteiger partial charge in [-0.1, -0.05) is 18.2 Å². The molecule has 0 unspecified atom stereocenters. The fourth-order valence-corrected chi connectivity index (χ4v) is 3.56. The summed E-state index contributed by atoms with van der Waals surface area (Å²) in [4.78, 5) is 19.0. The summed E-state index contributed by atoms with van der Waals surface area (Å²) in [6.45, 7) is 6.52. The van der Waals surface area contributed by atoms with Crippen LogP contribution < -0.4 is 0 Å². The van der Waals surface area contributed by atoms with Crippen LogP contribution in [0.25, 0.3) is 5.69 Å². The smallest absolute Gasteiger partial charge is 0.255 e. The lowest BCUT2D eigenvalue weighted by Crippen LogP contribution is -2.26. The highest BCUT2D eigenvalue weighted by molar-refractivity contribution is 7.09. The van der Waals surface area contributed by atoms with Gasteiger partial charge in [0, 0.05) is 29.5 Å². The van der Waals surface area contributed by atoms with E-state index in [1.165, 1.54) is 0 Å². The lowest BCUT2D eigenvalue weighted by molar-refractivity contribution is 0.0783. The largest absolute Gasteiger partial charge is 0.336 e. The highest BCUT2D eigenvalue weighted by atomic mass is 32.1. The van der Waals surface area contributed by atoms with Crippen molar-refractivity contribution < 1.29 is 4.79 Å². The van der Waals surface area contributed by atoms with Gasteiger partial charge in [0.05, 0.1) is 22.8 Å². The number of aromatic nitrogens is 2. The third kappa shape index (κ3) is 3.12. The molecule has 0 bridgehead atoms. The van der Waals surface area contributed by atoms with Gasteiger partial charge in [0.15, 0.2) is 0 Å². The lowest BCUT2D eigenvalue weighted by Gasteiger charge is -2.16. The standard InChI is InChI=1S/C19H21N3OS/c1-13-10-18(14(2)22(13)17-8-6-5-7-9-17)19(23)21(4)11-16-12-24-15(3)20-16/h5-10,12H,11H2,1-4H3. The molecular weight excluding hydrogens is 318 g/mol. The molecule has 2 aromatic heterocycles. The molecule has 3 rings (SSSR count). The fourth-order valence-electron chi connectivity index (χ4n) is 2.95. The molecule has 0 aliphatic rings. The van der Waals surface area contributed by atoms with Crippen LogP contribution in [0.2, 0.25) is 0 Å². The molecule has 3 aromatic rings. The number of aryl methyl sites for hydroxylation is 2. The average molecular weight is 339 g/mol. The van der Waals surface area contributed by atoms with Crippen molar-refractivity contribution in [3.63, 3.8) is 0 Å². The second-order valence-corrected chi connectivity index (χ2v) is 7.04. The van der Waals surface area contributed by atoms with Crippen molar-refractivity contribution in [2.75, 3.05) is 7.05 Å². The molecule has 1 amide bonds. The number of carbonyl (C=O) groups is 1. The molecule has 124 valence electrons. The lowest BCUT2D eigenvalue weighted by atomic mass is 10.2. The number of hydrogen-bond acceptors (Lipinski definition) is 3. The predicted molar refractivity (Wildman–Crippen MR) is 97.9 cm³/mol. The molecule has 0 spiro atoms. The quantitative estimate of drug-likeness (QED) is 0.717. The third-order valence-electron chi connectivity index (χ3n) is 4.09. The van der Waals surface area contributed by atoms with Crippen LogP contribution in [0.4, 0.5) is 0 Å². The van der Waals surface area contributed by atoms with E-state index in [0.717, 1.165) is 33.3 Å². The van der Waals surface area contributed by atoms with Gasteiger partial charge in [-0.2, -0.15) is 0 Å². The molecule has 0 saturated heterocycles. The number of benzene rings is 1. The Bertz CT molecular complexity index is 864. The number of thiazole rings is 1. The van der Waals surface area contributed by atoms with Gasteiger partial charge in [0.2, 0.25) is 0 Å². The molecule has 0 fully saturated rings. The maximum absolute atomic E-state index is 12.9. The zero-order valence-electron chi connectivity index (χ0n) is 14.4. The van der Waals surface area contributed by atoms with Gasteiger partial charge in [-0.3, -0.25) is 4.79 Å². The highest BCUT2D eigenvalue weighted by Gasteiger charge is 2.20. The summed E-state index contributed by atoms with van der Waals surface area (Å²) in [5, 5.41) is 3.03. The minimum atomic E-state index is 0.0240. The Balaban J connectivity index is 1.88. The van der Waals surface area contributed by atoms with Gasteiger partial charge >= 0.3 is 0 Å². The Labute approximate surface area is 146 Å². The SMILES string of the molecule is Cc1nc(CN(C)C(=O)c2cc(C)n(-c3ccccc3)c2C)cs1. The summed E-state index contributed by atoms with van der Waals surface area (Å²) < 4.78 is 2.12. The Kier molecular flexibility index (Phi) is 4.53. The number of para-hydroxylation sites is 1. The van der Waals surface area contributed by atoms with Crippen molar-refractivity contribution in [3.05, 3.63) is 69.4 Å². The van der Waals surface area contributed by atoms with E-state index in [-0.39, 0.29) is 5.91 Å². The Morgan fingerprint density at radius 1 is 1.21 bits per heavy atom. The minimum absolute atomic E-state index is 0.0240. The molecule has 0 aliphatic heterocycles.